The van der Waals surface area contributed by atoms with E-state index in [4.69, 9.17) is 5.73 Å². The standard InChI is InChI=1S/C17H25N3O/c1-13(17(21)19-10-4-2-3-5-11-19)20-12-9-14-7-6-8-15(18)16(14)20/h6-8,13H,2-5,9-12,18H2,1H3. The molecule has 2 aliphatic rings. The fraction of sp³-hybridized carbons (Fsp3) is 0.588. The van der Waals surface area contributed by atoms with Gasteiger partial charge in [0.2, 0.25) is 5.91 Å². The highest BCUT2D eigenvalue weighted by atomic mass is 16.2. The SMILES string of the molecule is CC(C(=O)N1CCCCCC1)N1CCc2cccc(N)c21. The number of likely N-dealkylation sites (tertiary alicyclic amines) is 1. The Labute approximate surface area is 126 Å². The van der Waals surface area contributed by atoms with E-state index in [1.807, 2.05) is 19.1 Å². The predicted octanol–water partition coefficient (Wildman–Crippen LogP) is 2.42. The van der Waals surface area contributed by atoms with E-state index in [1.54, 1.807) is 0 Å². The molecule has 2 heterocycles. The molecule has 0 aromatic heterocycles. The fourth-order valence-corrected chi connectivity index (χ4v) is 3.59. The van der Waals surface area contributed by atoms with Gasteiger partial charge in [0.05, 0.1) is 11.4 Å². The minimum absolute atomic E-state index is 0.117. The molecule has 3 rings (SSSR count). The Kier molecular flexibility index (Phi) is 4.04. The van der Waals surface area contributed by atoms with Gasteiger partial charge < -0.3 is 15.5 Å². The largest absolute Gasteiger partial charge is 0.397 e. The Hall–Kier alpha value is -1.71. The van der Waals surface area contributed by atoms with Crippen molar-refractivity contribution < 1.29 is 4.79 Å². The summed E-state index contributed by atoms with van der Waals surface area (Å²) in [6.45, 7) is 4.74. The summed E-state index contributed by atoms with van der Waals surface area (Å²) in [7, 11) is 0. The molecule has 1 amide bonds. The molecule has 114 valence electrons. The molecule has 1 aromatic carbocycles. The summed E-state index contributed by atoms with van der Waals surface area (Å²) in [6, 6.07) is 5.93. The number of para-hydroxylation sites is 1. The molecule has 1 unspecified atom stereocenters. The van der Waals surface area contributed by atoms with E-state index in [2.05, 4.69) is 15.9 Å². The molecule has 2 aliphatic heterocycles. The summed E-state index contributed by atoms with van der Waals surface area (Å²) in [6.07, 6.45) is 5.75. The van der Waals surface area contributed by atoms with E-state index in [9.17, 15) is 4.79 Å². The van der Waals surface area contributed by atoms with Crippen molar-refractivity contribution in [3.05, 3.63) is 23.8 Å². The second kappa shape index (κ2) is 5.96. The molecule has 0 spiro atoms. The van der Waals surface area contributed by atoms with Gasteiger partial charge in [-0.2, -0.15) is 0 Å². The average Bonchev–Trinajstić information content (AvgIpc) is 2.74. The monoisotopic (exact) mass is 287 g/mol. The number of nitrogens with two attached hydrogens (primary N) is 1. The smallest absolute Gasteiger partial charge is 0.244 e. The topological polar surface area (TPSA) is 49.6 Å². The summed E-state index contributed by atoms with van der Waals surface area (Å²) in [4.78, 5) is 17.0. The van der Waals surface area contributed by atoms with E-state index in [-0.39, 0.29) is 11.9 Å². The lowest BCUT2D eigenvalue weighted by Gasteiger charge is -2.32. The maximum Gasteiger partial charge on any atom is 0.244 e. The van der Waals surface area contributed by atoms with Crippen molar-refractivity contribution in [2.75, 3.05) is 30.3 Å². The second-order valence-electron chi connectivity index (χ2n) is 6.21. The van der Waals surface area contributed by atoms with Crippen molar-refractivity contribution in [1.82, 2.24) is 4.90 Å². The second-order valence-corrected chi connectivity index (χ2v) is 6.21. The molecular weight excluding hydrogens is 262 g/mol. The van der Waals surface area contributed by atoms with Gasteiger partial charge in [-0.15, -0.1) is 0 Å². The van der Waals surface area contributed by atoms with Gasteiger partial charge in [-0.1, -0.05) is 25.0 Å². The van der Waals surface area contributed by atoms with Crippen LogP contribution in [0.5, 0.6) is 0 Å². The number of benzene rings is 1. The molecule has 4 nitrogen and oxygen atoms in total. The van der Waals surface area contributed by atoms with Crippen LogP contribution in [-0.2, 0) is 11.2 Å². The minimum Gasteiger partial charge on any atom is -0.397 e. The third kappa shape index (κ3) is 2.71. The van der Waals surface area contributed by atoms with Crippen LogP contribution in [0.1, 0.15) is 38.2 Å². The zero-order valence-corrected chi connectivity index (χ0v) is 12.8. The molecule has 0 bridgehead atoms. The number of rotatable bonds is 2. The first-order valence-corrected chi connectivity index (χ1v) is 8.11. The predicted molar refractivity (Wildman–Crippen MR) is 86.4 cm³/mol. The van der Waals surface area contributed by atoms with Gasteiger partial charge in [-0.25, -0.2) is 0 Å². The van der Waals surface area contributed by atoms with Gasteiger partial charge in [-0.05, 0) is 37.8 Å². The molecule has 1 saturated heterocycles. The van der Waals surface area contributed by atoms with Gasteiger partial charge in [0.1, 0.15) is 6.04 Å². The molecule has 2 N–H and O–H groups in total. The Morgan fingerprint density at radius 3 is 2.57 bits per heavy atom. The summed E-state index contributed by atoms with van der Waals surface area (Å²) in [5.74, 6) is 0.257. The number of nitrogens with zero attached hydrogens (tertiary/aromatic N) is 2. The molecule has 21 heavy (non-hydrogen) atoms. The first kappa shape index (κ1) is 14.2. The van der Waals surface area contributed by atoms with Crippen LogP contribution in [0.3, 0.4) is 0 Å². The lowest BCUT2D eigenvalue weighted by Crippen LogP contribution is -2.47. The number of carbonyl (C=O) groups is 1. The third-order valence-electron chi connectivity index (χ3n) is 4.80. The van der Waals surface area contributed by atoms with Crippen LogP contribution in [0.2, 0.25) is 0 Å². The van der Waals surface area contributed by atoms with Crippen molar-refractivity contribution in [1.29, 1.82) is 0 Å². The van der Waals surface area contributed by atoms with Gasteiger partial charge >= 0.3 is 0 Å². The van der Waals surface area contributed by atoms with Crippen LogP contribution >= 0.6 is 0 Å². The third-order valence-corrected chi connectivity index (χ3v) is 4.80. The van der Waals surface area contributed by atoms with Crippen LogP contribution < -0.4 is 10.6 Å². The number of nitrogen functional groups attached to an aromatic ring is 1. The van der Waals surface area contributed by atoms with E-state index in [1.165, 1.54) is 18.4 Å². The average molecular weight is 287 g/mol. The molecule has 0 radical (unpaired) electrons. The fourth-order valence-electron chi connectivity index (χ4n) is 3.59. The Bertz CT molecular complexity index is 521. The number of fused-ring (bicyclic) bond motifs is 1. The van der Waals surface area contributed by atoms with Crippen LogP contribution in [0, 0.1) is 0 Å². The van der Waals surface area contributed by atoms with Crippen molar-refractivity contribution in [2.45, 2.75) is 45.1 Å². The van der Waals surface area contributed by atoms with Gasteiger partial charge in [0.25, 0.3) is 0 Å². The highest BCUT2D eigenvalue weighted by Gasteiger charge is 2.31. The Morgan fingerprint density at radius 2 is 1.86 bits per heavy atom. The number of hydrogen-bond donors (Lipinski definition) is 1. The van der Waals surface area contributed by atoms with Gasteiger partial charge in [0.15, 0.2) is 0 Å². The van der Waals surface area contributed by atoms with E-state index in [0.29, 0.717) is 0 Å². The van der Waals surface area contributed by atoms with Crippen molar-refractivity contribution in [2.24, 2.45) is 0 Å². The number of hydrogen-bond acceptors (Lipinski definition) is 3. The molecule has 1 aromatic rings. The van der Waals surface area contributed by atoms with Gasteiger partial charge in [0, 0.05) is 19.6 Å². The van der Waals surface area contributed by atoms with E-state index < -0.39 is 0 Å². The zero-order valence-electron chi connectivity index (χ0n) is 12.8. The zero-order chi connectivity index (χ0) is 14.8. The molecule has 0 aliphatic carbocycles. The summed E-state index contributed by atoms with van der Waals surface area (Å²) in [5.41, 5.74) is 9.28. The lowest BCUT2D eigenvalue weighted by atomic mass is 10.1. The first-order chi connectivity index (χ1) is 10.2. The van der Waals surface area contributed by atoms with Crippen molar-refractivity contribution >= 4 is 17.3 Å². The van der Waals surface area contributed by atoms with Crippen molar-refractivity contribution in [3.8, 4) is 0 Å². The first-order valence-electron chi connectivity index (χ1n) is 8.11. The lowest BCUT2D eigenvalue weighted by molar-refractivity contribution is -0.132. The maximum absolute atomic E-state index is 12.8. The Morgan fingerprint density at radius 1 is 1.14 bits per heavy atom. The normalized spacial score (nSPS) is 20.0. The molecular formula is C17H25N3O. The summed E-state index contributed by atoms with van der Waals surface area (Å²) in [5, 5.41) is 0. The molecule has 4 heteroatoms. The highest BCUT2D eigenvalue weighted by Crippen LogP contribution is 2.35. The summed E-state index contributed by atoms with van der Waals surface area (Å²) >= 11 is 0. The van der Waals surface area contributed by atoms with Crippen LogP contribution in [0.25, 0.3) is 0 Å². The van der Waals surface area contributed by atoms with Gasteiger partial charge in [-0.3, -0.25) is 4.79 Å². The van der Waals surface area contributed by atoms with Crippen LogP contribution in [0.15, 0.2) is 18.2 Å². The van der Waals surface area contributed by atoms with E-state index in [0.717, 1.165) is 50.3 Å². The maximum atomic E-state index is 12.8. The van der Waals surface area contributed by atoms with Crippen LogP contribution in [-0.4, -0.2) is 36.5 Å². The van der Waals surface area contributed by atoms with Crippen molar-refractivity contribution in [3.63, 3.8) is 0 Å². The van der Waals surface area contributed by atoms with Crippen LogP contribution in [0.4, 0.5) is 11.4 Å². The number of anilines is 2. The minimum atomic E-state index is -0.117. The molecule has 1 atom stereocenters. The number of amides is 1. The summed E-state index contributed by atoms with van der Waals surface area (Å²) < 4.78 is 0. The van der Waals surface area contributed by atoms with E-state index >= 15 is 0 Å². The Balaban J connectivity index is 1.77. The molecule has 0 saturated carbocycles. The highest BCUT2D eigenvalue weighted by molar-refractivity contribution is 5.88. The molecule has 1 fully saturated rings. The number of carbonyl (C=O) groups excluding carboxylic acids is 1. The quantitative estimate of drug-likeness (QED) is 0.850.